The van der Waals surface area contributed by atoms with E-state index in [2.05, 4.69) is 30.1 Å². The third kappa shape index (κ3) is 2.10. The molecule has 1 aliphatic heterocycles. The number of benzene rings is 1. The molecule has 1 heterocycles. The molecule has 1 saturated heterocycles. The fourth-order valence-electron chi connectivity index (χ4n) is 2.49. The monoisotopic (exact) mass is 214 g/mol. The van der Waals surface area contributed by atoms with Gasteiger partial charge in [-0.1, -0.05) is 30.3 Å². The zero-order chi connectivity index (χ0) is 11.4. The molecule has 1 fully saturated rings. The SMILES string of the molecule is CN1CCCC(C#N)(c2ccccc2)CC1. The molecule has 2 nitrogen and oxygen atoms in total. The second-order valence-electron chi connectivity index (χ2n) is 4.72. The third-order valence-electron chi connectivity index (χ3n) is 3.60. The fourth-order valence-corrected chi connectivity index (χ4v) is 2.49. The van der Waals surface area contributed by atoms with Crippen LogP contribution in [0.5, 0.6) is 0 Å². The Kier molecular flexibility index (Phi) is 3.26. The van der Waals surface area contributed by atoms with Gasteiger partial charge in [0, 0.05) is 0 Å². The number of rotatable bonds is 1. The van der Waals surface area contributed by atoms with Crippen LogP contribution in [-0.2, 0) is 5.41 Å². The second kappa shape index (κ2) is 4.67. The van der Waals surface area contributed by atoms with Crippen LogP contribution in [0.15, 0.2) is 30.3 Å². The van der Waals surface area contributed by atoms with Gasteiger partial charge in [-0.15, -0.1) is 0 Å². The van der Waals surface area contributed by atoms with Gasteiger partial charge < -0.3 is 4.90 Å². The lowest BCUT2D eigenvalue weighted by molar-refractivity contribution is 0.342. The molecule has 0 aromatic heterocycles. The zero-order valence-corrected chi connectivity index (χ0v) is 9.82. The van der Waals surface area contributed by atoms with Gasteiger partial charge in [0.15, 0.2) is 0 Å². The summed E-state index contributed by atoms with van der Waals surface area (Å²) in [5, 5.41) is 9.54. The van der Waals surface area contributed by atoms with Crippen LogP contribution in [0.1, 0.15) is 24.8 Å². The summed E-state index contributed by atoms with van der Waals surface area (Å²) >= 11 is 0. The summed E-state index contributed by atoms with van der Waals surface area (Å²) in [5.41, 5.74) is 0.930. The van der Waals surface area contributed by atoms with Crippen LogP contribution in [0, 0.1) is 11.3 Å². The van der Waals surface area contributed by atoms with E-state index >= 15 is 0 Å². The number of hydrogen-bond acceptors (Lipinski definition) is 2. The predicted octanol–water partition coefficient (Wildman–Crippen LogP) is 2.56. The van der Waals surface area contributed by atoms with E-state index in [1.54, 1.807) is 0 Å². The largest absolute Gasteiger partial charge is 0.306 e. The van der Waals surface area contributed by atoms with Crippen LogP contribution in [0.4, 0.5) is 0 Å². The average Bonchev–Trinajstić information content (AvgIpc) is 2.53. The predicted molar refractivity (Wildman–Crippen MR) is 65.1 cm³/mol. The Morgan fingerprint density at radius 3 is 2.62 bits per heavy atom. The summed E-state index contributed by atoms with van der Waals surface area (Å²) in [6.07, 6.45) is 3.04. The second-order valence-corrected chi connectivity index (χ2v) is 4.72. The van der Waals surface area contributed by atoms with Crippen LogP contribution in [0.25, 0.3) is 0 Å². The van der Waals surface area contributed by atoms with E-state index in [4.69, 9.17) is 0 Å². The minimum atomic E-state index is -0.258. The summed E-state index contributed by atoms with van der Waals surface area (Å²) in [4.78, 5) is 2.32. The van der Waals surface area contributed by atoms with E-state index in [1.165, 1.54) is 5.56 Å². The van der Waals surface area contributed by atoms with Crippen molar-refractivity contribution >= 4 is 0 Å². The molecule has 0 amide bonds. The molecule has 2 rings (SSSR count). The van der Waals surface area contributed by atoms with Gasteiger partial charge in [0.1, 0.15) is 0 Å². The van der Waals surface area contributed by atoms with Gasteiger partial charge in [-0.05, 0) is 45.0 Å². The summed E-state index contributed by atoms with van der Waals surface area (Å²) in [6.45, 7) is 2.12. The third-order valence-corrected chi connectivity index (χ3v) is 3.60. The van der Waals surface area contributed by atoms with Crippen molar-refractivity contribution in [2.75, 3.05) is 20.1 Å². The number of likely N-dealkylation sites (tertiary alicyclic amines) is 1. The summed E-state index contributed by atoms with van der Waals surface area (Å²) in [7, 11) is 2.14. The van der Waals surface area contributed by atoms with E-state index in [9.17, 15) is 5.26 Å². The maximum atomic E-state index is 9.54. The van der Waals surface area contributed by atoms with Crippen molar-refractivity contribution in [1.29, 1.82) is 5.26 Å². The van der Waals surface area contributed by atoms with Crippen LogP contribution in [0.2, 0.25) is 0 Å². The molecule has 2 heteroatoms. The summed E-state index contributed by atoms with van der Waals surface area (Å²) in [5.74, 6) is 0. The first-order valence-corrected chi connectivity index (χ1v) is 5.92. The van der Waals surface area contributed by atoms with Crippen molar-refractivity contribution in [3.8, 4) is 6.07 Å². The van der Waals surface area contributed by atoms with Gasteiger partial charge in [0.05, 0.1) is 11.5 Å². The normalized spacial score (nSPS) is 27.0. The van der Waals surface area contributed by atoms with E-state index in [-0.39, 0.29) is 5.41 Å². The number of nitrogens with zero attached hydrogens (tertiary/aromatic N) is 2. The Bertz CT molecular complexity index is 379. The number of hydrogen-bond donors (Lipinski definition) is 0. The van der Waals surface area contributed by atoms with Crippen LogP contribution in [0.3, 0.4) is 0 Å². The Labute approximate surface area is 97.5 Å². The van der Waals surface area contributed by atoms with Gasteiger partial charge in [-0.2, -0.15) is 5.26 Å². The first kappa shape index (κ1) is 11.2. The van der Waals surface area contributed by atoms with Crippen LogP contribution >= 0.6 is 0 Å². The maximum Gasteiger partial charge on any atom is 0.0835 e. The van der Waals surface area contributed by atoms with Gasteiger partial charge in [0.25, 0.3) is 0 Å². The minimum Gasteiger partial charge on any atom is -0.306 e. The minimum absolute atomic E-state index is 0.258. The topological polar surface area (TPSA) is 27.0 Å². The quantitative estimate of drug-likeness (QED) is 0.718. The highest BCUT2D eigenvalue weighted by Gasteiger charge is 2.33. The van der Waals surface area contributed by atoms with Gasteiger partial charge in [-0.25, -0.2) is 0 Å². The first-order valence-electron chi connectivity index (χ1n) is 5.92. The molecule has 0 bridgehead atoms. The highest BCUT2D eigenvalue weighted by Crippen LogP contribution is 2.34. The number of nitriles is 1. The molecular formula is C14H18N2. The van der Waals surface area contributed by atoms with E-state index < -0.39 is 0 Å². The van der Waals surface area contributed by atoms with E-state index in [1.807, 2.05) is 18.2 Å². The molecular weight excluding hydrogens is 196 g/mol. The lowest BCUT2D eigenvalue weighted by Crippen LogP contribution is -2.26. The van der Waals surface area contributed by atoms with Crippen molar-refractivity contribution in [2.24, 2.45) is 0 Å². The summed E-state index contributed by atoms with van der Waals surface area (Å²) < 4.78 is 0. The molecule has 1 aliphatic rings. The standard InChI is InChI=1S/C14H18N2/c1-16-10-5-8-14(12-15,9-11-16)13-6-3-2-4-7-13/h2-4,6-7H,5,8-11H2,1H3. The van der Waals surface area contributed by atoms with Crippen molar-refractivity contribution in [2.45, 2.75) is 24.7 Å². The molecule has 0 radical (unpaired) electrons. The smallest absolute Gasteiger partial charge is 0.0835 e. The maximum absolute atomic E-state index is 9.54. The molecule has 0 aliphatic carbocycles. The lowest BCUT2D eigenvalue weighted by atomic mass is 9.76. The summed E-state index contributed by atoms with van der Waals surface area (Å²) in [6, 6.07) is 12.8. The Morgan fingerprint density at radius 2 is 1.94 bits per heavy atom. The van der Waals surface area contributed by atoms with E-state index in [0.29, 0.717) is 0 Å². The van der Waals surface area contributed by atoms with Crippen LogP contribution in [-0.4, -0.2) is 25.0 Å². The van der Waals surface area contributed by atoms with Crippen molar-refractivity contribution in [3.63, 3.8) is 0 Å². The molecule has 0 spiro atoms. The highest BCUT2D eigenvalue weighted by atomic mass is 15.1. The van der Waals surface area contributed by atoms with Gasteiger partial charge >= 0.3 is 0 Å². The Balaban J connectivity index is 2.29. The molecule has 1 atom stereocenters. The van der Waals surface area contributed by atoms with Gasteiger partial charge in [-0.3, -0.25) is 0 Å². The molecule has 0 saturated carbocycles. The highest BCUT2D eigenvalue weighted by molar-refractivity contribution is 5.32. The molecule has 1 aromatic carbocycles. The van der Waals surface area contributed by atoms with Crippen molar-refractivity contribution in [1.82, 2.24) is 4.90 Å². The van der Waals surface area contributed by atoms with Crippen molar-refractivity contribution < 1.29 is 0 Å². The lowest BCUT2D eigenvalue weighted by Gasteiger charge is -2.25. The Hall–Kier alpha value is -1.33. The fraction of sp³-hybridized carbons (Fsp3) is 0.500. The van der Waals surface area contributed by atoms with Gasteiger partial charge in [0.2, 0.25) is 0 Å². The Morgan fingerprint density at radius 1 is 1.19 bits per heavy atom. The molecule has 0 N–H and O–H groups in total. The molecule has 1 unspecified atom stereocenters. The average molecular weight is 214 g/mol. The first-order chi connectivity index (χ1) is 7.77. The van der Waals surface area contributed by atoms with Crippen molar-refractivity contribution in [3.05, 3.63) is 35.9 Å². The van der Waals surface area contributed by atoms with Crippen LogP contribution < -0.4 is 0 Å². The molecule has 84 valence electrons. The molecule has 1 aromatic rings. The molecule has 16 heavy (non-hydrogen) atoms. The zero-order valence-electron chi connectivity index (χ0n) is 9.82. The van der Waals surface area contributed by atoms with E-state index in [0.717, 1.165) is 32.4 Å².